The first-order chi connectivity index (χ1) is 29.1. The summed E-state index contributed by atoms with van der Waals surface area (Å²) in [6.07, 6.45) is 9.73. The van der Waals surface area contributed by atoms with Gasteiger partial charge in [-0.3, -0.25) is 0 Å². The van der Waals surface area contributed by atoms with Crippen LogP contribution in [-0.4, -0.2) is 10.4 Å². The van der Waals surface area contributed by atoms with E-state index in [1.165, 1.54) is 71.8 Å². The molecule has 8 aromatic carbocycles. The van der Waals surface area contributed by atoms with Crippen molar-refractivity contribution < 1.29 is 0 Å². The average Bonchev–Trinajstić information content (AvgIpc) is 3.57. The Balaban J connectivity index is 1.13. The van der Waals surface area contributed by atoms with Crippen molar-refractivity contribution in [1.82, 2.24) is 4.57 Å². The Morgan fingerprint density at radius 3 is 2.10 bits per heavy atom. The monoisotopic (exact) mass is 761 g/mol. The number of unbranched alkanes of at least 4 members (excludes halogenated alkanes) is 1. The number of benzene rings is 8. The third-order valence-electron chi connectivity index (χ3n) is 11.4. The van der Waals surface area contributed by atoms with Gasteiger partial charge < -0.3 is 10.3 Å². The smallest absolute Gasteiger partial charge is 0.131 e. The third-order valence-corrected chi connectivity index (χ3v) is 11.4. The molecule has 0 radical (unpaired) electrons. The van der Waals surface area contributed by atoms with E-state index in [-0.39, 0.29) is 0 Å². The van der Waals surface area contributed by atoms with Crippen molar-refractivity contribution in [2.24, 2.45) is 10.7 Å². The van der Waals surface area contributed by atoms with Crippen molar-refractivity contribution in [1.29, 1.82) is 0 Å². The van der Waals surface area contributed by atoms with Gasteiger partial charge >= 0.3 is 0 Å². The standard InChI is InChI=1S/C56H47N3/c1-3-4-7-30-54-39(2)52-38-44(32-36-55(52)59(54)46-25-10-6-11-26-46)43-23-17-24-45(37-43)48-33-34-51(50-29-15-14-28-49(48)50)53(58-56(57)42-19-8-5-9-20-42)35-31-41-22-16-21-40-18-12-13-27-47(40)41/h5-30,32-38H,3-4,31H2,1-2H3,(H2,57,58)/b30-7-,53-35-. The van der Waals surface area contributed by atoms with Gasteiger partial charge in [0, 0.05) is 27.9 Å². The van der Waals surface area contributed by atoms with Crippen molar-refractivity contribution in [2.75, 3.05) is 0 Å². The molecule has 0 spiro atoms. The Hall–Kier alpha value is -7.23. The molecule has 9 aromatic rings. The second-order valence-electron chi connectivity index (χ2n) is 15.2. The highest BCUT2D eigenvalue weighted by molar-refractivity contribution is 6.06. The van der Waals surface area contributed by atoms with Crippen molar-refractivity contribution in [3.05, 3.63) is 222 Å². The molecule has 0 unspecified atom stereocenters. The Labute approximate surface area is 347 Å². The quantitative estimate of drug-likeness (QED) is 0.104. The molecule has 1 aromatic heterocycles. The van der Waals surface area contributed by atoms with Gasteiger partial charge in [-0.15, -0.1) is 0 Å². The van der Waals surface area contributed by atoms with Crippen LogP contribution in [0.3, 0.4) is 0 Å². The zero-order valence-electron chi connectivity index (χ0n) is 33.6. The molecule has 0 saturated heterocycles. The molecule has 0 aliphatic heterocycles. The molecule has 3 nitrogen and oxygen atoms in total. The number of aromatic nitrogens is 1. The maximum absolute atomic E-state index is 6.74. The summed E-state index contributed by atoms with van der Waals surface area (Å²) in [6, 6.07) is 64.8. The highest BCUT2D eigenvalue weighted by atomic mass is 15.0. The Kier molecular flexibility index (Phi) is 10.6. The summed E-state index contributed by atoms with van der Waals surface area (Å²) in [5.41, 5.74) is 20.4. The maximum Gasteiger partial charge on any atom is 0.131 e. The molecule has 0 bridgehead atoms. The van der Waals surface area contributed by atoms with Crippen molar-refractivity contribution >= 4 is 50.1 Å². The van der Waals surface area contributed by atoms with E-state index in [2.05, 4.69) is 188 Å². The fourth-order valence-electron chi connectivity index (χ4n) is 8.40. The van der Waals surface area contributed by atoms with E-state index in [4.69, 9.17) is 10.7 Å². The number of aryl methyl sites for hydroxylation is 1. The number of hydrogen-bond donors (Lipinski definition) is 1. The van der Waals surface area contributed by atoms with Crippen LogP contribution in [0.2, 0.25) is 0 Å². The van der Waals surface area contributed by atoms with Crippen LogP contribution in [0.15, 0.2) is 199 Å². The fraction of sp³-hybridized carbons (Fsp3) is 0.0893. The average molecular weight is 762 g/mol. The summed E-state index contributed by atoms with van der Waals surface area (Å²) in [6.45, 7) is 4.48. The highest BCUT2D eigenvalue weighted by Gasteiger charge is 2.17. The lowest BCUT2D eigenvalue weighted by Crippen LogP contribution is -2.13. The normalized spacial score (nSPS) is 12.3. The minimum absolute atomic E-state index is 0.492. The second-order valence-corrected chi connectivity index (χ2v) is 15.2. The van der Waals surface area contributed by atoms with E-state index in [0.717, 1.165) is 41.5 Å². The zero-order chi connectivity index (χ0) is 40.1. The lowest BCUT2D eigenvalue weighted by atomic mass is 9.91. The SMILES string of the molecule is CCC/C=C\c1c(C)c2cc(-c3cccc(-c4ccc(/C(=C/Cc5cccc6ccccc56)N=C(N)c5ccccc5)c5ccccc45)c3)ccc2n1-c1ccccc1. The molecule has 0 saturated carbocycles. The van der Waals surface area contributed by atoms with Crippen LogP contribution < -0.4 is 5.73 Å². The molecule has 1 heterocycles. The van der Waals surface area contributed by atoms with Crippen LogP contribution in [-0.2, 0) is 6.42 Å². The third kappa shape index (κ3) is 7.51. The molecular weight excluding hydrogens is 715 g/mol. The van der Waals surface area contributed by atoms with Crippen molar-refractivity contribution in [3.63, 3.8) is 0 Å². The van der Waals surface area contributed by atoms with Crippen LogP contribution >= 0.6 is 0 Å². The molecule has 9 rings (SSSR count). The summed E-state index contributed by atoms with van der Waals surface area (Å²) in [5.74, 6) is 0.492. The lowest BCUT2D eigenvalue weighted by Gasteiger charge is -2.14. The van der Waals surface area contributed by atoms with Gasteiger partial charge in [-0.2, -0.15) is 0 Å². The topological polar surface area (TPSA) is 43.3 Å². The number of allylic oxidation sites excluding steroid dienone is 2. The number of fused-ring (bicyclic) bond motifs is 3. The Morgan fingerprint density at radius 1 is 0.610 bits per heavy atom. The second kappa shape index (κ2) is 16.7. The number of hydrogen-bond acceptors (Lipinski definition) is 1. The van der Waals surface area contributed by atoms with Crippen LogP contribution in [0.1, 0.15) is 47.7 Å². The van der Waals surface area contributed by atoms with Crippen molar-refractivity contribution in [3.8, 4) is 27.9 Å². The van der Waals surface area contributed by atoms with Gasteiger partial charge in [-0.05, 0) is 111 Å². The number of para-hydroxylation sites is 1. The summed E-state index contributed by atoms with van der Waals surface area (Å²) in [7, 11) is 0. The summed E-state index contributed by atoms with van der Waals surface area (Å²) in [5, 5.41) is 6.04. The van der Waals surface area contributed by atoms with Gasteiger partial charge in [0.05, 0.1) is 11.2 Å². The fourth-order valence-corrected chi connectivity index (χ4v) is 8.40. The van der Waals surface area contributed by atoms with E-state index in [1.807, 2.05) is 30.3 Å². The predicted molar refractivity (Wildman–Crippen MR) is 253 cm³/mol. The van der Waals surface area contributed by atoms with E-state index in [1.54, 1.807) is 0 Å². The highest BCUT2D eigenvalue weighted by Crippen LogP contribution is 2.38. The summed E-state index contributed by atoms with van der Waals surface area (Å²) >= 11 is 0. The number of nitrogens with two attached hydrogens (primary N) is 1. The molecule has 3 heteroatoms. The molecule has 0 amide bonds. The summed E-state index contributed by atoms with van der Waals surface area (Å²) in [4.78, 5) is 5.15. The molecule has 0 aliphatic rings. The minimum Gasteiger partial charge on any atom is -0.383 e. The minimum atomic E-state index is 0.492. The zero-order valence-corrected chi connectivity index (χ0v) is 33.6. The maximum atomic E-state index is 6.74. The molecule has 59 heavy (non-hydrogen) atoms. The largest absolute Gasteiger partial charge is 0.383 e. The number of amidine groups is 1. The number of nitrogens with zero attached hydrogens (tertiary/aromatic N) is 2. The van der Waals surface area contributed by atoms with Crippen LogP contribution in [0.5, 0.6) is 0 Å². The Bertz CT molecular complexity index is 3030. The van der Waals surface area contributed by atoms with Gasteiger partial charge in [0.1, 0.15) is 5.84 Å². The first-order valence-electron chi connectivity index (χ1n) is 20.6. The van der Waals surface area contributed by atoms with Crippen LogP contribution in [0.4, 0.5) is 0 Å². The van der Waals surface area contributed by atoms with Gasteiger partial charge in [0.2, 0.25) is 0 Å². The van der Waals surface area contributed by atoms with Gasteiger partial charge in [0.15, 0.2) is 0 Å². The molecule has 0 aliphatic carbocycles. The van der Waals surface area contributed by atoms with Crippen molar-refractivity contribution in [2.45, 2.75) is 33.1 Å². The van der Waals surface area contributed by atoms with E-state index >= 15 is 0 Å². The number of rotatable bonds is 11. The molecule has 0 atom stereocenters. The van der Waals surface area contributed by atoms with Gasteiger partial charge in [0.25, 0.3) is 0 Å². The van der Waals surface area contributed by atoms with E-state index in [0.29, 0.717) is 5.84 Å². The lowest BCUT2D eigenvalue weighted by molar-refractivity contribution is 0.960. The van der Waals surface area contributed by atoms with E-state index < -0.39 is 0 Å². The van der Waals surface area contributed by atoms with Gasteiger partial charge in [-0.25, -0.2) is 4.99 Å². The molecule has 0 fully saturated rings. The first kappa shape index (κ1) is 37.4. The van der Waals surface area contributed by atoms with Crippen LogP contribution in [0.25, 0.3) is 72.2 Å². The number of aliphatic imine (C=N–C) groups is 1. The molecular formula is C56H47N3. The summed E-state index contributed by atoms with van der Waals surface area (Å²) < 4.78 is 2.40. The van der Waals surface area contributed by atoms with Crippen LogP contribution in [0, 0.1) is 6.92 Å². The molecule has 286 valence electrons. The predicted octanol–water partition coefficient (Wildman–Crippen LogP) is 14.4. The molecule has 2 N–H and O–H groups in total. The Morgan fingerprint density at radius 2 is 1.29 bits per heavy atom. The van der Waals surface area contributed by atoms with E-state index in [9.17, 15) is 0 Å². The first-order valence-corrected chi connectivity index (χ1v) is 20.6. The van der Waals surface area contributed by atoms with Gasteiger partial charge in [-0.1, -0.05) is 177 Å².